The SMILES string of the molecule is O=C(O)/C=C(\C(=O)O)c1ccc2nc3n(c2c1)C=Cc1ccccc1C3=C1CCNCC1. The van der Waals surface area contributed by atoms with Gasteiger partial charge in [0, 0.05) is 17.8 Å². The van der Waals surface area contributed by atoms with Gasteiger partial charge in [-0.1, -0.05) is 35.9 Å². The summed E-state index contributed by atoms with van der Waals surface area (Å²) in [5.74, 6) is -1.78. The number of hydrogen-bond acceptors (Lipinski definition) is 4. The lowest BCUT2D eigenvalue weighted by atomic mass is 9.91. The number of hydrogen-bond donors (Lipinski definition) is 3. The van der Waals surface area contributed by atoms with Crippen molar-refractivity contribution in [1.82, 2.24) is 14.9 Å². The van der Waals surface area contributed by atoms with Gasteiger partial charge < -0.3 is 15.5 Å². The Bertz CT molecular complexity index is 1350. The number of carboxylic acid groups (broad SMARTS) is 2. The Morgan fingerprint density at radius 3 is 2.59 bits per heavy atom. The van der Waals surface area contributed by atoms with Crippen molar-refractivity contribution >= 4 is 46.4 Å². The molecule has 1 aromatic heterocycles. The van der Waals surface area contributed by atoms with Gasteiger partial charge in [-0.2, -0.15) is 0 Å². The molecule has 0 unspecified atom stereocenters. The van der Waals surface area contributed by atoms with E-state index in [0.29, 0.717) is 5.56 Å². The molecule has 0 radical (unpaired) electrons. The van der Waals surface area contributed by atoms with Gasteiger partial charge in [-0.15, -0.1) is 0 Å². The summed E-state index contributed by atoms with van der Waals surface area (Å²) in [7, 11) is 0. The largest absolute Gasteiger partial charge is 0.478 e. The van der Waals surface area contributed by atoms with Crippen LogP contribution in [0.5, 0.6) is 0 Å². The van der Waals surface area contributed by atoms with E-state index >= 15 is 0 Å². The zero-order chi connectivity index (χ0) is 22.2. The Morgan fingerprint density at radius 2 is 1.84 bits per heavy atom. The molecule has 7 heteroatoms. The summed E-state index contributed by atoms with van der Waals surface area (Å²) in [4.78, 5) is 27.7. The van der Waals surface area contributed by atoms with Crippen molar-refractivity contribution in [3.8, 4) is 0 Å². The zero-order valence-electron chi connectivity index (χ0n) is 17.2. The lowest BCUT2D eigenvalue weighted by Gasteiger charge is -2.20. The fraction of sp³-hybridized carbons (Fsp3) is 0.160. The van der Waals surface area contributed by atoms with Crippen LogP contribution in [-0.4, -0.2) is 44.8 Å². The van der Waals surface area contributed by atoms with Crippen LogP contribution in [0, 0.1) is 0 Å². The summed E-state index contributed by atoms with van der Waals surface area (Å²) in [6.45, 7) is 1.83. The molecule has 0 bridgehead atoms. The topological polar surface area (TPSA) is 104 Å². The summed E-state index contributed by atoms with van der Waals surface area (Å²) in [5, 5.41) is 22.0. The standard InChI is InChI=1S/C25H21N3O4/c29-22(30)14-19(25(31)32)17-5-6-20-21(13-17)28-12-9-15-3-1-2-4-18(15)23(24(28)27-20)16-7-10-26-11-8-16/h1-6,9,12-14,26H,7-8,10-11H2,(H,29,30)(H,31,32)/b19-14-. The van der Waals surface area contributed by atoms with E-state index in [0.717, 1.165) is 65.6 Å². The van der Waals surface area contributed by atoms with E-state index in [9.17, 15) is 14.7 Å². The maximum Gasteiger partial charge on any atom is 0.336 e. The second-order valence-corrected chi connectivity index (χ2v) is 7.84. The molecule has 7 nitrogen and oxygen atoms in total. The number of nitrogens with one attached hydrogen (secondary N) is 1. The predicted molar refractivity (Wildman–Crippen MR) is 123 cm³/mol. The molecule has 2 aromatic carbocycles. The van der Waals surface area contributed by atoms with E-state index in [1.165, 1.54) is 5.57 Å². The molecule has 1 fully saturated rings. The van der Waals surface area contributed by atoms with Crippen molar-refractivity contribution < 1.29 is 19.8 Å². The van der Waals surface area contributed by atoms with Crippen LogP contribution >= 0.6 is 0 Å². The van der Waals surface area contributed by atoms with Crippen LogP contribution in [0.1, 0.15) is 35.4 Å². The number of benzene rings is 2. The fourth-order valence-corrected chi connectivity index (χ4v) is 4.45. The number of fused-ring (bicyclic) bond motifs is 4. The minimum atomic E-state index is -1.30. The van der Waals surface area contributed by atoms with Crippen LogP contribution in [0.3, 0.4) is 0 Å². The Labute approximate surface area is 184 Å². The molecule has 1 saturated heterocycles. The number of carboxylic acids is 2. The Hall–Kier alpha value is -3.97. The minimum absolute atomic E-state index is 0.271. The third-order valence-electron chi connectivity index (χ3n) is 5.92. The van der Waals surface area contributed by atoms with E-state index < -0.39 is 11.9 Å². The lowest BCUT2D eigenvalue weighted by Crippen LogP contribution is -2.24. The number of nitrogens with zero attached hydrogens (tertiary/aromatic N) is 2. The molecular formula is C25H21N3O4. The first-order chi connectivity index (χ1) is 15.5. The van der Waals surface area contributed by atoms with Crippen molar-refractivity contribution in [2.75, 3.05) is 13.1 Å². The van der Waals surface area contributed by atoms with Crippen molar-refractivity contribution in [3.05, 3.63) is 76.6 Å². The highest BCUT2D eigenvalue weighted by Crippen LogP contribution is 2.37. The Kier molecular flexibility index (Phi) is 4.95. The maximum absolute atomic E-state index is 11.7. The second-order valence-electron chi connectivity index (χ2n) is 7.84. The van der Waals surface area contributed by atoms with Gasteiger partial charge in [-0.25, -0.2) is 14.6 Å². The van der Waals surface area contributed by atoms with Crippen LogP contribution in [0.2, 0.25) is 0 Å². The number of carbonyl (C=O) groups is 2. The zero-order valence-corrected chi connectivity index (χ0v) is 17.2. The first kappa shape index (κ1) is 20.0. The quantitative estimate of drug-likeness (QED) is 0.431. The first-order valence-electron chi connectivity index (χ1n) is 10.4. The van der Waals surface area contributed by atoms with Crippen molar-refractivity contribution in [3.63, 3.8) is 0 Å². The van der Waals surface area contributed by atoms with Gasteiger partial charge in [-0.05, 0) is 60.8 Å². The van der Waals surface area contributed by atoms with Crippen molar-refractivity contribution in [1.29, 1.82) is 0 Å². The number of imidazole rings is 1. The first-order valence-corrected chi connectivity index (χ1v) is 10.4. The van der Waals surface area contributed by atoms with Crippen LogP contribution < -0.4 is 5.32 Å². The summed E-state index contributed by atoms with van der Waals surface area (Å²) in [5.41, 5.74) is 6.19. The molecule has 160 valence electrons. The maximum atomic E-state index is 11.7. The molecule has 2 aliphatic rings. The summed E-state index contributed by atoms with van der Waals surface area (Å²) >= 11 is 0. The van der Waals surface area contributed by atoms with Crippen molar-refractivity contribution in [2.45, 2.75) is 12.8 Å². The van der Waals surface area contributed by atoms with Gasteiger partial charge in [0.05, 0.1) is 16.6 Å². The third-order valence-corrected chi connectivity index (χ3v) is 5.92. The predicted octanol–water partition coefficient (Wildman–Crippen LogP) is 3.72. The summed E-state index contributed by atoms with van der Waals surface area (Å²) in [6, 6.07) is 13.3. The average Bonchev–Trinajstić information content (AvgIpc) is 3.06. The molecule has 0 aliphatic carbocycles. The third kappa shape index (κ3) is 3.42. The van der Waals surface area contributed by atoms with Crippen LogP contribution in [0.4, 0.5) is 0 Å². The highest BCUT2D eigenvalue weighted by Gasteiger charge is 2.24. The molecule has 3 heterocycles. The molecule has 32 heavy (non-hydrogen) atoms. The summed E-state index contributed by atoms with van der Waals surface area (Å²) < 4.78 is 1.98. The molecule has 0 atom stereocenters. The van der Waals surface area contributed by atoms with Crippen molar-refractivity contribution in [2.24, 2.45) is 0 Å². The highest BCUT2D eigenvalue weighted by atomic mass is 16.4. The molecule has 3 N–H and O–H groups in total. The molecule has 2 aliphatic heterocycles. The summed E-state index contributed by atoms with van der Waals surface area (Å²) in [6.07, 6.45) is 6.57. The van der Waals surface area contributed by atoms with Crippen LogP contribution in [-0.2, 0) is 9.59 Å². The van der Waals surface area contributed by atoms with E-state index in [1.54, 1.807) is 18.2 Å². The molecule has 0 saturated carbocycles. The monoisotopic (exact) mass is 427 g/mol. The van der Waals surface area contributed by atoms with Crippen LogP contribution in [0.15, 0.2) is 54.1 Å². The smallest absolute Gasteiger partial charge is 0.336 e. The lowest BCUT2D eigenvalue weighted by molar-refractivity contribution is -0.133. The number of aliphatic carboxylic acids is 2. The minimum Gasteiger partial charge on any atom is -0.478 e. The molecule has 5 rings (SSSR count). The number of rotatable bonds is 3. The van der Waals surface area contributed by atoms with E-state index in [2.05, 4.69) is 17.4 Å². The molecular weight excluding hydrogens is 406 g/mol. The van der Waals surface area contributed by atoms with Gasteiger partial charge in [0.15, 0.2) is 0 Å². The number of piperidine rings is 1. The number of aromatic nitrogens is 2. The van der Waals surface area contributed by atoms with Crippen LogP contribution in [0.25, 0.3) is 34.5 Å². The van der Waals surface area contributed by atoms with E-state index in [-0.39, 0.29) is 5.57 Å². The fourth-order valence-electron chi connectivity index (χ4n) is 4.45. The van der Waals surface area contributed by atoms with Gasteiger partial charge in [0.2, 0.25) is 0 Å². The highest BCUT2D eigenvalue weighted by molar-refractivity contribution is 6.20. The Morgan fingerprint density at radius 1 is 1.06 bits per heavy atom. The van der Waals surface area contributed by atoms with Gasteiger partial charge in [0.1, 0.15) is 5.82 Å². The molecule has 3 aromatic rings. The normalized spacial score (nSPS) is 15.9. The van der Waals surface area contributed by atoms with Gasteiger partial charge >= 0.3 is 11.9 Å². The molecule has 0 spiro atoms. The Balaban J connectivity index is 1.77. The van der Waals surface area contributed by atoms with E-state index in [1.807, 2.05) is 29.0 Å². The van der Waals surface area contributed by atoms with Gasteiger partial charge in [-0.3, -0.25) is 4.57 Å². The van der Waals surface area contributed by atoms with Gasteiger partial charge in [0.25, 0.3) is 0 Å². The van der Waals surface area contributed by atoms with E-state index in [4.69, 9.17) is 10.1 Å². The molecule has 0 amide bonds. The second kappa shape index (κ2) is 7.94. The average molecular weight is 427 g/mol.